The lowest BCUT2D eigenvalue weighted by Gasteiger charge is -2.08. The normalized spacial score (nSPS) is 11.0. The van der Waals surface area contributed by atoms with Crippen LogP contribution in [0.1, 0.15) is 10.4 Å². The minimum absolute atomic E-state index is 0.0846. The topological polar surface area (TPSA) is 89.5 Å². The molecular formula is C16H13Cl2NO5S. The van der Waals surface area contributed by atoms with Crippen LogP contribution in [0.3, 0.4) is 0 Å². The molecule has 0 saturated heterocycles. The van der Waals surface area contributed by atoms with Gasteiger partial charge in [-0.05, 0) is 42.5 Å². The van der Waals surface area contributed by atoms with E-state index in [0.717, 1.165) is 6.26 Å². The molecule has 0 aliphatic carbocycles. The van der Waals surface area contributed by atoms with Crippen molar-refractivity contribution in [2.75, 3.05) is 18.2 Å². The van der Waals surface area contributed by atoms with E-state index in [1.807, 2.05) is 0 Å². The Kier molecular flexibility index (Phi) is 6.05. The third-order valence-electron chi connectivity index (χ3n) is 3.06. The summed E-state index contributed by atoms with van der Waals surface area (Å²) in [5.41, 5.74) is 0.544. The smallest absolute Gasteiger partial charge is 0.338 e. The number of rotatable bonds is 5. The van der Waals surface area contributed by atoms with Crippen LogP contribution in [-0.4, -0.2) is 33.2 Å². The molecule has 0 heterocycles. The Morgan fingerprint density at radius 2 is 1.68 bits per heavy atom. The van der Waals surface area contributed by atoms with Crippen LogP contribution < -0.4 is 5.32 Å². The number of carbonyl (C=O) groups excluding carboxylic acids is 2. The van der Waals surface area contributed by atoms with E-state index in [1.54, 1.807) is 6.07 Å². The Bertz CT molecular complexity index is 911. The lowest BCUT2D eigenvalue weighted by atomic mass is 10.2. The molecule has 1 N–H and O–H groups in total. The fourth-order valence-corrected chi connectivity index (χ4v) is 2.75. The molecule has 0 fully saturated rings. The zero-order chi connectivity index (χ0) is 18.6. The largest absolute Gasteiger partial charge is 0.452 e. The Hall–Kier alpha value is -2.09. The first-order chi connectivity index (χ1) is 11.7. The number of sulfone groups is 1. The van der Waals surface area contributed by atoms with Gasteiger partial charge in [-0.2, -0.15) is 0 Å². The summed E-state index contributed by atoms with van der Waals surface area (Å²) in [6, 6.07) is 9.76. The van der Waals surface area contributed by atoms with Crippen LogP contribution >= 0.6 is 23.2 Å². The highest BCUT2D eigenvalue weighted by atomic mass is 35.5. The molecule has 0 aromatic heterocycles. The molecular weight excluding hydrogens is 389 g/mol. The first-order valence-corrected chi connectivity index (χ1v) is 9.54. The lowest BCUT2D eigenvalue weighted by molar-refractivity contribution is -0.119. The predicted octanol–water partition coefficient (Wildman–Crippen LogP) is 3.19. The van der Waals surface area contributed by atoms with Crippen LogP contribution in [0.25, 0.3) is 0 Å². The highest BCUT2D eigenvalue weighted by Crippen LogP contribution is 2.24. The minimum Gasteiger partial charge on any atom is -0.452 e. The van der Waals surface area contributed by atoms with Crippen LogP contribution in [0.4, 0.5) is 5.69 Å². The van der Waals surface area contributed by atoms with Gasteiger partial charge in [0.2, 0.25) is 0 Å². The van der Waals surface area contributed by atoms with Gasteiger partial charge >= 0.3 is 5.97 Å². The summed E-state index contributed by atoms with van der Waals surface area (Å²) in [5.74, 6) is -1.30. The van der Waals surface area contributed by atoms with Crippen molar-refractivity contribution >= 4 is 50.6 Å². The molecule has 2 rings (SSSR count). The van der Waals surface area contributed by atoms with E-state index in [9.17, 15) is 18.0 Å². The van der Waals surface area contributed by atoms with E-state index in [1.165, 1.54) is 36.4 Å². The van der Waals surface area contributed by atoms with Crippen LogP contribution in [0, 0.1) is 0 Å². The van der Waals surface area contributed by atoms with Crippen LogP contribution in [-0.2, 0) is 19.4 Å². The Morgan fingerprint density at radius 3 is 2.24 bits per heavy atom. The molecule has 6 nitrogen and oxygen atoms in total. The van der Waals surface area contributed by atoms with Gasteiger partial charge in [-0.3, -0.25) is 4.79 Å². The van der Waals surface area contributed by atoms with E-state index < -0.39 is 28.3 Å². The number of hydrogen-bond acceptors (Lipinski definition) is 5. The van der Waals surface area contributed by atoms with E-state index in [0.29, 0.717) is 10.7 Å². The van der Waals surface area contributed by atoms with Crippen LogP contribution in [0.5, 0.6) is 0 Å². The average molecular weight is 402 g/mol. The van der Waals surface area contributed by atoms with Gasteiger partial charge in [-0.1, -0.05) is 23.2 Å². The Labute approximate surface area is 154 Å². The van der Waals surface area contributed by atoms with Crippen molar-refractivity contribution in [3.63, 3.8) is 0 Å². The number of ether oxygens (including phenoxy) is 1. The molecule has 0 spiro atoms. The van der Waals surface area contributed by atoms with Crippen molar-refractivity contribution in [3.05, 3.63) is 58.1 Å². The van der Waals surface area contributed by atoms with Crippen molar-refractivity contribution in [1.82, 2.24) is 0 Å². The van der Waals surface area contributed by atoms with E-state index >= 15 is 0 Å². The van der Waals surface area contributed by atoms with Crippen LogP contribution in [0.2, 0.25) is 10.0 Å². The highest BCUT2D eigenvalue weighted by Gasteiger charge is 2.13. The average Bonchev–Trinajstić information content (AvgIpc) is 2.55. The third kappa shape index (κ3) is 5.45. The van der Waals surface area contributed by atoms with E-state index in [4.69, 9.17) is 27.9 Å². The van der Waals surface area contributed by atoms with Gasteiger partial charge < -0.3 is 10.1 Å². The van der Waals surface area contributed by atoms with Crippen molar-refractivity contribution in [1.29, 1.82) is 0 Å². The molecule has 0 aliphatic heterocycles. The zero-order valence-electron chi connectivity index (χ0n) is 13.0. The number of carbonyl (C=O) groups is 2. The first kappa shape index (κ1) is 19.2. The number of esters is 1. The lowest BCUT2D eigenvalue weighted by Crippen LogP contribution is -2.21. The predicted molar refractivity (Wildman–Crippen MR) is 94.9 cm³/mol. The van der Waals surface area contributed by atoms with Gasteiger partial charge in [0.1, 0.15) is 0 Å². The summed E-state index contributed by atoms with van der Waals surface area (Å²) in [5, 5.41) is 3.14. The molecule has 9 heteroatoms. The summed E-state index contributed by atoms with van der Waals surface area (Å²) in [7, 11) is -3.35. The summed E-state index contributed by atoms with van der Waals surface area (Å²) >= 11 is 11.6. The maximum atomic E-state index is 11.9. The van der Waals surface area contributed by atoms with Gasteiger partial charge in [-0.25, -0.2) is 13.2 Å². The number of nitrogens with one attached hydrogen (secondary N) is 1. The van der Waals surface area contributed by atoms with E-state index in [2.05, 4.69) is 5.32 Å². The minimum atomic E-state index is -3.35. The molecule has 0 unspecified atom stereocenters. The van der Waals surface area contributed by atoms with Gasteiger partial charge in [-0.15, -0.1) is 0 Å². The quantitative estimate of drug-likeness (QED) is 0.776. The molecule has 0 atom stereocenters. The molecule has 0 bridgehead atoms. The Balaban J connectivity index is 1.92. The molecule has 0 aliphatic rings. The van der Waals surface area contributed by atoms with Gasteiger partial charge in [0.15, 0.2) is 16.4 Å². The second kappa shape index (κ2) is 7.86. The van der Waals surface area contributed by atoms with E-state index in [-0.39, 0.29) is 15.5 Å². The standard InChI is InChI=1S/C16H13Cl2NO5S/c1-25(22,23)12-5-2-10(3-6-12)16(21)24-9-15(20)19-11-4-7-13(17)14(18)8-11/h2-8H,9H2,1H3,(H,19,20). The number of anilines is 1. The van der Waals surface area contributed by atoms with Crippen molar-refractivity contribution in [2.45, 2.75) is 4.90 Å². The zero-order valence-corrected chi connectivity index (χ0v) is 15.3. The molecule has 1 amide bonds. The fraction of sp³-hybridized carbons (Fsp3) is 0.125. The highest BCUT2D eigenvalue weighted by molar-refractivity contribution is 7.90. The summed E-state index contributed by atoms with van der Waals surface area (Å²) in [6.07, 6.45) is 1.06. The monoisotopic (exact) mass is 401 g/mol. The number of amides is 1. The summed E-state index contributed by atoms with van der Waals surface area (Å²) < 4.78 is 27.6. The molecule has 25 heavy (non-hydrogen) atoms. The number of hydrogen-bond donors (Lipinski definition) is 1. The second-order valence-electron chi connectivity index (χ2n) is 5.05. The summed E-state index contributed by atoms with van der Waals surface area (Å²) in [6.45, 7) is -0.507. The number of benzene rings is 2. The number of halogens is 2. The molecule has 2 aromatic rings. The second-order valence-corrected chi connectivity index (χ2v) is 7.88. The molecule has 0 saturated carbocycles. The van der Waals surface area contributed by atoms with Gasteiger partial charge in [0.05, 0.1) is 20.5 Å². The van der Waals surface area contributed by atoms with Crippen molar-refractivity contribution < 1.29 is 22.7 Å². The molecule has 132 valence electrons. The molecule has 0 radical (unpaired) electrons. The van der Waals surface area contributed by atoms with Crippen molar-refractivity contribution in [3.8, 4) is 0 Å². The maximum absolute atomic E-state index is 11.9. The Morgan fingerprint density at radius 1 is 1.04 bits per heavy atom. The third-order valence-corrected chi connectivity index (χ3v) is 4.92. The summed E-state index contributed by atoms with van der Waals surface area (Å²) in [4.78, 5) is 23.7. The fourth-order valence-electron chi connectivity index (χ4n) is 1.82. The van der Waals surface area contributed by atoms with Gasteiger partial charge in [0, 0.05) is 11.9 Å². The van der Waals surface area contributed by atoms with Crippen molar-refractivity contribution in [2.24, 2.45) is 0 Å². The van der Waals surface area contributed by atoms with Gasteiger partial charge in [0.25, 0.3) is 5.91 Å². The SMILES string of the molecule is CS(=O)(=O)c1ccc(C(=O)OCC(=O)Nc2ccc(Cl)c(Cl)c2)cc1. The maximum Gasteiger partial charge on any atom is 0.338 e. The van der Waals surface area contributed by atoms with Crippen LogP contribution in [0.15, 0.2) is 47.4 Å². The first-order valence-electron chi connectivity index (χ1n) is 6.89. The molecule has 2 aromatic carbocycles.